The molecular formula is C11H14N4O2. The highest BCUT2D eigenvalue weighted by atomic mass is 16.3. The maximum absolute atomic E-state index is 11.8. The zero-order valence-corrected chi connectivity index (χ0v) is 9.73. The molecule has 0 spiro atoms. The highest BCUT2D eigenvalue weighted by Gasteiger charge is 2.13. The lowest BCUT2D eigenvalue weighted by molar-refractivity contribution is 0.102. The number of aryl methyl sites for hydroxylation is 2. The SMILES string of the molecule is Cc1cc(C(=O)Nc2nn(C)cc2CN)co1. The van der Waals surface area contributed by atoms with Crippen LogP contribution < -0.4 is 11.1 Å². The Morgan fingerprint density at radius 3 is 3.00 bits per heavy atom. The van der Waals surface area contributed by atoms with Crippen LogP contribution >= 0.6 is 0 Å². The van der Waals surface area contributed by atoms with E-state index >= 15 is 0 Å². The van der Waals surface area contributed by atoms with Crippen LogP contribution in [-0.4, -0.2) is 15.7 Å². The van der Waals surface area contributed by atoms with Gasteiger partial charge in [-0.2, -0.15) is 5.10 Å². The molecule has 0 atom stereocenters. The molecule has 0 aromatic carbocycles. The number of aromatic nitrogens is 2. The summed E-state index contributed by atoms with van der Waals surface area (Å²) in [6.07, 6.45) is 3.19. The molecule has 0 aliphatic carbocycles. The fourth-order valence-electron chi connectivity index (χ4n) is 1.53. The molecule has 6 heteroatoms. The van der Waals surface area contributed by atoms with E-state index in [0.717, 1.165) is 5.56 Å². The predicted molar refractivity (Wildman–Crippen MR) is 62.5 cm³/mol. The first-order chi connectivity index (χ1) is 8.10. The van der Waals surface area contributed by atoms with E-state index in [0.29, 0.717) is 23.7 Å². The Morgan fingerprint density at radius 2 is 2.41 bits per heavy atom. The molecule has 6 nitrogen and oxygen atoms in total. The summed E-state index contributed by atoms with van der Waals surface area (Å²) in [6.45, 7) is 2.11. The van der Waals surface area contributed by atoms with Gasteiger partial charge in [0.15, 0.2) is 5.82 Å². The maximum atomic E-state index is 11.8. The molecule has 0 saturated heterocycles. The van der Waals surface area contributed by atoms with Crippen molar-refractivity contribution in [3.05, 3.63) is 35.4 Å². The molecule has 0 aliphatic heterocycles. The number of carbonyl (C=O) groups is 1. The summed E-state index contributed by atoms with van der Waals surface area (Å²) in [5.41, 5.74) is 6.82. The molecule has 3 N–H and O–H groups in total. The highest BCUT2D eigenvalue weighted by molar-refractivity contribution is 6.03. The van der Waals surface area contributed by atoms with Crippen molar-refractivity contribution >= 4 is 11.7 Å². The first kappa shape index (κ1) is 11.4. The number of nitrogens with two attached hydrogens (primary N) is 1. The number of rotatable bonds is 3. The topological polar surface area (TPSA) is 86.1 Å². The summed E-state index contributed by atoms with van der Waals surface area (Å²) in [4.78, 5) is 11.8. The van der Waals surface area contributed by atoms with Crippen molar-refractivity contribution in [3.63, 3.8) is 0 Å². The Kier molecular flexibility index (Phi) is 2.97. The van der Waals surface area contributed by atoms with Crippen molar-refractivity contribution in [2.45, 2.75) is 13.5 Å². The lowest BCUT2D eigenvalue weighted by Crippen LogP contribution is -2.13. The summed E-state index contributed by atoms with van der Waals surface area (Å²) in [6, 6.07) is 1.67. The Balaban J connectivity index is 2.18. The van der Waals surface area contributed by atoms with E-state index in [1.807, 2.05) is 0 Å². The molecule has 0 fully saturated rings. The first-order valence-electron chi connectivity index (χ1n) is 5.19. The molecule has 0 saturated carbocycles. The number of anilines is 1. The van der Waals surface area contributed by atoms with Gasteiger partial charge in [-0.05, 0) is 13.0 Å². The third kappa shape index (κ3) is 2.36. The van der Waals surface area contributed by atoms with Gasteiger partial charge >= 0.3 is 0 Å². The Hall–Kier alpha value is -2.08. The molecule has 0 bridgehead atoms. The number of nitrogens with one attached hydrogen (secondary N) is 1. The molecule has 0 unspecified atom stereocenters. The quantitative estimate of drug-likeness (QED) is 0.830. The van der Waals surface area contributed by atoms with Gasteiger partial charge in [-0.25, -0.2) is 0 Å². The van der Waals surface area contributed by atoms with Crippen LogP contribution in [0, 0.1) is 6.92 Å². The lowest BCUT2D eigenvalue weighted by atomic mass is 10.3. The number of furan rings is 1. The van der Waals surface area contributed by atoms with Crippen LogP contribution in [0.5, 0.6) is 0 Å². The summed E-state index contributed by atoms with van der Waals surface area (Å²) in [5.74, 6) is 0.921. The Bertz CT molecular complexity index is 541. The third-order valence-corrected chi connectivity index (χ3v) is 2.35. The van der Waals surface area contributed by atoms with Gasteiger partial charge in [0, 0.05) is 25.4 Å². The van der Waals surface area contributed by atoms with Crippen LogP contribution in [-0.2, 0) is 13.6 Å². The first-order valence-corrected chi connectivity index (χ1v) is 5.19. The average Bonchev–Trinajstić information content (AvgIpc) is 2.85. The Morgan fingerprint density at radius 1 is 1.65 bits per heavy atom. The van der Waals surface area contributed by atoms with Crippen LogP contribution in [0.25, 0.3) is 0 Å². The van der Waals surface area contributed by atoms with Gasteiger partial charge in [-0.3, -0.25) is 9.48 Å². The van der Waals surface area contributed by atoms with E-state index in [4.69, 9.17) is 10.2 Å². The van der Waals surface area contributed by atoms with Crippen molar-refractivity contribution in [3.8, 4) is 0 Å². The molecule has 2 rings (SSSR count). The molecule has 90 valence electrons. The van der Waals surface area contributed by atoms with E-state index in [9.17, 15) is 4.79 Å². The van der Waals surface area contributed by atoms with Gasteiger partial charge in [0.25, 0.3) is 5.91 Å². The summed E-state index contributed by atoms with van der Waals surface area (Å²) < 4.78 is 6.68. The van der Waals surface area contributed by atoms with E-state index in [1.165, 1.54) is 6.26 Å². The van der Waals surface area contributed by atoms with Crippen LogP contribution in [0.3, 0.4) is 0 Å². The van der Waals surface area contributed by atoms with E-state index in [1.54, 1.807) is 30.9 Å². The van der Waals surface area contributed by atoms with Crippen LogP contribution in [0.15, 0.2) is 22.9 Å². The predicted octanol–water partition coefficient (Wildman–Crippen LogP) is 1.03. The number of hydrogen-bond acceptors (Lipinski definition) is 4. The summed E-state index contributed by atoms with van der Waals surface area (Å²) in [7, 11) is 1.77. The van der Waals surface area contributed by atoms with E-state index < -0.39 is 0 Å². The number of hydrogen-bond donors (Lipinski definition) is 2. The molecule has 2 aromatic rings. The summed E-state index contributed by atoms with van der Waals surface area (Å²) in [5, 5.41) is 6.83. The van der Waals surface area contributed by atoms with Gasteiger partial charge in [0.2, 0.25) is 0 Å². The molecule has 0 radical (unpaired) electrons. The van der Waals surface area contributed by atoms with Crippen LogP contribution in [0.2, 0.25) is 0 Å². The molecule has 17 heavy (non-hydrogen) atoms. The smallest absolute Gasteiger partial charge is 0.260 e. The molecule has 2 aromatic heterocycles. The van der Waals surface area contributed by atoms with E-state index in [2.05, 4.69) is 10.4 Å². The molecule has 2 heterocycles. The minimum atomic E-state index is -0.254. The normalized spacial score (nSPS) is 10.5. The number of amides is 1. The second-order valence-electron chi connectivity index (χ2n) is 3.78. The second kappa shape index (κ2) is 4.42. The van der Waals surface area contributed by atoms with Crippen molar-refractivity contribution in [1.29, 1.82) is 0 Å². The summed E-state index contributed by atoms with van der Waals surface area (Å²) >= 11 is 0. The standard InChI is InChI=1S/C11H14N4O2/c1-7-3-8(6-17-7)11(16)13-10-9(4-12)5-15(2)14-10/h3,5-6H,4,12H2,1-2H3,(H,13,14,16). The average molecular weight is 234 g/mol. The molecular weight excluding hydrogens is 220 g/mol. The van der Waals surface area contributed by atoms with Crippen molar-refractivity contribution in [2.24, 2.45) is 12.8 Å². The van der Waals surface area contributed by atoms with Gasteiger partial charge in [0.1, 0.15) is 12.0 Å². The fourth-order valence-corrected chi connectivity index (χ4v) is 1.53. The van der Waals surface area contributed by atoms with Gasteiger partial charge in [-0.15, -0.1) is 0 Å². The van der Waals surface area contributed by atoms with Crippen molar-refractivity contribution in [1.82, 2.24) is 9.78 Å². The molecule has 1 amide bonds. The highest BCUT2D eigenvalue weighted by Crippen LogP contribution is 2.14. The van der Waals surface area contributed by atoms with Crippen LogP contribution in [0.4, 0.5) is 5.82 Å². The van der Waals surface area contributed by atoms with Gasteiger partial charge in [-0.1, -0.05) is 0 Å². The van der Waals surface area contributed by atoms with Gasteiger partial charge in [0.05, 0.1) is 5.56 Å². The largest absolute Gasteiger partial charge is 0.469 e. The van der Waals surface area contributed by atoms with E-state index in [-0.39, 0.29) is 5.91 Å². The second-order valence-corrected chi connectivity index (χ2v) is 3.78. The van der Waals surface area contributed by atoms with Crippen LogP contribution in [0.1, 0.15) is 21.7 Å². The van der Waals surface area contributed by atoms with Crippen molar-refractivity contribution < 1.29 is 9.21 Å². The monoisotopic (exact) mass is 234 g/mol. The maximum Gasteiger partial charge on any atom is 0.260 e. The zero-order valence-electron chi connectivity index (χ0n) is 9.73. The minimum absolute atomic E-state index is 0.254. The van der Waals surface area contributed by atoms with Gasteiger partial charge < -0.3 is 15.5 Å². The Labute approximate surface area is 98.4 Å². The zero-order chi connectivity index (χ0) is 12.4. The molecule has 0 aliphatic rings. The fraction of sp³-hybridized carbons (Fsp3) is 0.273. The third-order valence-electron chi connectivity index (χ3n) is 2.35. The lowest BCUT2D eigenvalue weighted by Gasteiger charge is -2.01. The number of carbonyl (C=O) groups excluding carboxylic acids is 1. The van der Waals surface area contributed by atoms with Crippen molar-refractivity contribution in [2.75, 3.05) is 5.32 Å². The number of nitrogens with zero attached hydrogens (tertiary/aromatic N) is 2. The minimum Gasteiger partial charge on any atom is -0.469 e.